The van der Waals surface area contributed by atoms with Crippen LogP contribution in [0.15, 0.2) is 46.9 Å². The molecular weight excluding hydrogens is 428 g/mol. The number of nitrogens with zero attached hydrogens (tertiary/aromatic N) is 3. The van der Waals surface area contributed by atoms with Crippen LogP contribution in [0.4, 0.5) is 11.4 Å². The molecule has 0 radical (unpaired) electrons. The van der Waals surface area contributed by atoms with Crippen molar-refractivity contribution in [3.8, 4) is 11.5 Å². The summed E-state index contributed by atoms with van der Waals surface area (Å²) in [5, 5.41) is 18.1. The highest BCUT2D eigenvalue weighted by atomic mass is 79.9. The fourth-order valence-corrected chi connectivity index (χ4v) is 3.00. The SMILES string of the molecule is Cc1ccc(Oc2cc(NC(=O)c3nn(C)c(C)c3Br)cc([N+](=O)[O-])c2)cc1. The van der Waals surface area contributed by atoms with Crippen LogP contribution in [0, 0.1) is 24.0 Å². The van der Waals surface area contributed by atoms with E-state index in [2.05, 4.69) is 26.3 Å². The zero-order chi connectivity index (χ0) is 20.4. The second kappa shape index (κ2) is 7.81. The minimum Gasteiger partial charge on any atom is -0.457 e. The minimum absolute atomic E-state index is 0.188. The van der Waals surface area contributed by atoms with Gasteiger partial charge in [-0.2, -0.15) is 5.10 Å². The van der Waals surface area contributed by atoms with Gasteiger partial charge >= 0.3 is 0 Å². The summed E-state index contributed by atoms with van der Waals surface area (Å²) in [7, 11) is 1.72. The molecule has 0 aliphatic heterocycles. The number of rotatable bonds is 5. The highest BCUT2D eigenvalue weighted by molar-refractivity contribution is 9.10. The van der Waals surface area contributed by atoms with Crippen molar-refractivity contribution in [3.05, 3.63) is 74.0 Å². The summed E-state index contributed by atoms with van der Waals surface area (Å²) in [6.07, 6.45) is 0. The fraction of sp³-hybridized carbons (Fsp3) is 0.158. The summed E-state index contributed by atoms with van der Waals surface area (Å²) in [5.74, 6) is 0.286. The number of halogens is 1. The highest BCUT2D eigenvalue weighted by Gasteiger charge is 2.19. The molecule has 0 saturated carbocycles. The summed E-state index contributed by atoms with van der Waals surface area (Å²) in [6, 6.07) is 11.4. The van der Waals surface area contributed by atoms with Gasteiger partial charge < -0.3 is 10.1 Å². The van der Waals surface area contributed by atoms with Crippen molar-refractivity contribution in [2.45, 2.75) is 13.8 Å². The number of ether oxygens (including phenoxy) is 1. The van der Waals surface area contributed by atoms with Crippen LogP contribution >= 0.6 is 15.9 Å². The van der Waals surface area contributed by atoms with Gasteiger partial charge in [-0.05, 0) is 41.9 Å². The first-order valence-electron chi connectivity index (χ1n) is 8.29. The lowest BCUT2D eigenvalue weighted by Gasteiger charge is -2.09. The quantitative estimate of drug-likeness (QED) is 0.451. The number of non-ortho nitro benzene ring substituents is 1. The van der Waals surface area contributed by atoms with E-state index < -0.39 is 10.8 Å². The third kappa shape index (κ3) is 4.20. The molecule has 144 valence electrons. The van der Waals surface area contributed by atoms with Crippen molar-refractivity contribution < 1.29 is 14.5 Å². The van der Waals surface area contributed by atoms with Crippen LogP contribution in [0.3, 0.4) is 0 Å². The second-order valence-corrected chi connectivity index (χ2v) is 7.01. The molecule has 1 aromatic heterocycles. The third-order valence-corrected chi connectivity index (χ3v) is 5.04. The van der Waals surface area contributed by atoms with Crippen molar-refractivity contribution in [1.82, 2.24) is 9.78 Å². The predicted molar refractivity (Wildman–Crippen MR) is 108 cm³/mol. The van der Waals surface area contributed by atoms with Gasteiger partial charge in [0.2, 0.25) is 0 Å². The van der Waals surface area contributed by atoms with Gasteiger partial charge in [0.05, 0.1) is 26.8 Å². The van der Waals surface area contributed by atoms with Crippen LogP contribution in [0.5, 0.6) is 11.5 Å². The van der Waals surface area contributed by atoms with Crippen LogP contribution in [0.2, 0.25) is 0 Å². The number of anilines is 1. The monoisotopic (exact) mass is 444 g/mol. The van der Waals surface area contributed by atoms with Crippen molar-refractivity contribution in [3.63, 3.8) is 0 Å². The Labute approximate surface area is 169 Å². The Balaban J connectivity index is 1.90. The van der Waals surface area contributed by atoms with E-state index in [1.165, 1.54) is 18.2 Å². The van der Waals surface area contributed by atoms with E-state index in [4.69, 9.17) is 4.74 Å². The first kappa shape index (κ1) is 19.6. The van der Waals surface area contributed by atoms with E-state index in [1.807, 2.05) is 26.0 Å². The molecule has 1 amide bonds. The number of aromatic nitrogens is 2. The molecule has 2 aromatic carbocycles. The molecule has 0 bridgehead atoms. The Bertz CT molecular complexity index is 1060. The topological polar surface area (TPSA) is 99.3 Å². The summed E-state index contributed by atoms with van der Waals surface area (Å²) < 4.78 is 7.85. The van der Waals surface area contributed by atoms with E-state index in [-0.39, 0.29) is 22.8 Å². The highest BCUT2D eigenvalue weighted by Crippen LogP contribution is 2.30. The van der Waals surface area contributed by atoms with Gasteiger partial charge in [-0.1, -0.05) is 17.7 Å². The van der Waals surface area contributed by atoms with Gasteiger partial charge in [0, 0.05) is 19.2 Å². The van der Waals surface area contributed by atoms with E-state index in [0.717, 1.165) is 11.3 Å². The molecule has 9 heteroatoms. The number of nitro benzene ring substituents is 1. The lowest BCUT2D eigenvalue weighted by molar-refractivity contribution is -0.384. The van der Waals surface area contributed by atoms with E-state index in [9.17, 15) is 14.9 Å². The van der Waals surface area contributed by atoms with Gasteiger partial charge in [0.1, 0.15) is 11.5 Å². The molecule has 0 aliphatic rings. The number of carbonyl (C=O) groups is 1. The fourth-order valence-electron chi connectivity index (χ4n) is 2.48. The number of carbonyl (C=O) groups excluding carboxylic acids is 1. The molecule has 28 heavy (non-hydrogen) atoms. The molecule has 3 aromatic rings. The number of nitrogens with one attached hydrogen (secondary N) is 1. The number of nitro groups is 1. The molecule has 1 heterocycles. The third-order valence-electron chi connectivity index (χ3n) is 4.09. The van der Waals surface area contributed by atoms with Gasteiger partial charge in [-0.15, -0.1) is 0 Å². The maximum absolute atomic E-state index is 12.6. The van der Waals surface area contributed by atoms with Crippen LogP contribution in [0.25, 0.3) is 0 Å². The zero-order valence-electron chi connectivity index (χ0n) is 15.4. The number of benzene rings is 2. The number of hydrogen-bond donors (Lipinski definition) is 1. The number of aryl methyl sites for hydroxylation is 2. The largest absolute Gasteiger partial charge is 0.457 e. The molecule has 8 nitrogen and oxygen atoms in total. The van der Waals surface area contributed by atoms with E-state index in [1.54, 1.807) is 23.9 Å². The standard InChI is InChI=1S/C19H17BrN4O4/c1-11-4-6-15(7-5-11)28-16-9-13(8-14(10-16)24(26)27)21-19(25)18-17(20)12(2)23(3)22-18/h4-10H,1-3H3,(H,21,25). The van der Waals surface area contributed by atoms with Gasteiger partial charge in [-0.25, -0.2) is 0 Å². The molecule has 3 rings (SSSR count). The predicted octanol–water partition coefficient (Wildman–Crippen LogP) is 4.75. The summed E-state index contributed by atoms with van der Waals surface area (Å²) in [5.41, 5.74) is 2.07. The van der Waals surface area contributed by atoms with Crippen LogP contribution < -0.4 is 10.1 Å². The molecule has 0 fully saturated rings. The maximum atomic E-state index is 12.6. The van der Waals surface area contributed by atoms with Crippen LogP contribution in [-0.2, 0) is 7.05 Å². The average molecular weight is 445 g/mol. The van der Waals surface area contributed by atoms with Gasteiger partial charge in [0.15, 0.2) is 5.69 Å². The normalized spacial score (nSPS) is 10.6. The van der Waals surface area contributed by atoms with Gasteiger partial charge in [0.25, 0.3) is 11.6 Å². The first-order valence-corrected chi connectivity index (χ1v) is 9.08. The molecule has 0 aliphatic carbocycles. The van der Waals surface area contributed by atoms with Crippen molar-refractivity contribution >= 4 is 33.2 Å². The zero-order valence-corrected chi connectivity index (χ0v) is 17.0. The summed E-state index contributed by atoms with van der Waals surface area (Å²) >= 11 is 3.34. The first-order chi connectivity index (χ1) is 13.2. The average Bonchev–Trinajstić information content (AvgIpc) is 2.91. The molecule has 0 unspecified atom stereocenters. The molecular formula is C19H17BrN4O4. The van der Waals surface area contributed by atoms with Crippen LogP contribution in [-0.4, -0.2) is 20.6 Å². The van der Waals surface area contributed by atoms with Crippen molar-refractivity contribution in [1.29, 1.82) is 0 Å². The summed E-state index contributed by atoms with van der Waals surface area (Å²) in [6.45, 7) is 3.76. The lowest BCUT2D eigenvalue weighted by Crippen LogP contribution is -2.13. The van der Waals surface area contributed by atoms with Crippen molar-refractivity contribution in [2.75, 3.05) is 5.32 Å². The Hall–Kier alpha value is -3.20. The van der Waals surface area contributed by atoms with Crippen LogP contribution in [0.1, 0.15) is 21.7 Å². The maximum Gasteiger partial charge on any atom is 0.277 e. The Morgan fingerprint density at radius 2 is 1.86 bits per heavy atom. The van der Waals surface area contributed by atoms with E-state index >= 15 is 0 Å². The molecule has 0 saturated heterocycles. The molecule has 0 spiro atoms. The molecule has 1 N–H and O–H groups in total. The number of hydrogen-bond acceptors (Lipinski definition) is 5. The second-order valence-electron chi connectivity index (χ2n) is 6.21. The summed E-state index contributed by atoms with van der Waals surface area (Å²) in [4.78, 5) is 23.3. The Morgan fingerprint density at radius 3 is 2.43 bits per heavy atom. The Kier molecular flexibility index (Phi) is 5.46. The Morgan fingerprint density at radius 1 is 1.18 bits per heavy atom. The van der Waals surface area contributed by atoms with Crippen molar-refractivity contribution in [2.24, 2.45) is 7.05 Å². The van der Waals surface area contributed by atoms with Gasteiger partial charge in [-0.3, -0.25) is 19.6 Å². The minimum atomic E-state index is -0.543. The lowest BCUT2D eigenvalue weighted by atomic mass is 10.2. The molecule has 0 atom stereocenters. The van der Waals surface area contributed by atoms with E-state index in [0.29, 0.717) is 10.2 Å². The number of amides is 1. The smallest absolute Gasteiger partial charge is 0.277 e.